The highest BCUT2D eigenvalue weighted by molar-refractivity contribution is 5.94. The number of amides is 1. The van der Waals surface area contributed by atoms with E-state index in [2.05, 4.69) is 15.2 Å². The van der Waals surface area contributed by atoms with Gasteiger partial charge in [-0.3, -0.25) is 14.9 Å². The van der Waals surface area contributed by atoms with E-state index in [1.807, 2.05) is 63.2 Å². The number of carbonyl (C=O) groups excluding carboxylic acids is 1. The van der Waals surface area contributed by atoms with E-state index in [0.717, 1.165) is 28.2 Å². The van der Waals surface area contributed by atoms with Gasteiger partial charge < -0.3 is 4.90 Å². The SMILES string of the molecule is Cc1cc(C(=O)N(C)[C@H](C)c2cc(-c3ccccc3)n[nH]2)cnc1C. The van der Waals surface area contributed by atoms with Gasteiger partial charge in [-0.05, 0) is 38.5 Å². The molecule has 5 heteroatoms. The van der Waals surface area contributed by atoms with Gasteiger partial charge in [0.2, 0.25) is 0 Å². The molecular formula is C20H22N4O. The van der Waals surface area contributed by atoms with Gasteiger partial charge in [-0.15, -0.1) is 0 Å². The molecule has 1 N–H and O–H groups in total. The first kappa shape index (κ1) is 16.9. The molecule has 0 aliphatic carbocycles. The largest absolute Gasteiger partial charge is 0.333 e. The standard InChI is InChI=1S/C20H22N4O/c1-13-10-17(12-21-14(13)2)20(25)24(4)15(3)18-11-19(23-22-18)16-8-6-5-7-9-16/h5-12,15H,1-4H3,(H,22,23)/t15-/m1/s1. The Labute approximate surface area is 147 Å². The van der Waals surface area contributed by atoms with Crippen LogP contribution in [0.4, 0.5) is 0 Å². The monoisotopic (exact) mass is 334 g/mol. The summed E-state index contributed by atoms with van der Waals surface area (Å²) in [7, 11) is 1.80. The maximum absolute atomic E-state index is 12.8. The Morgan fingerprint density at radius 3 is 2.56 bits per heavy atom. The molecule has 0 unspecified atom stereocenters. The summed E-state index contributed by atoms with van der Waals surface area (Å²) in [5, 5.41) is 7.42. The van der Waals surface area contributed by atoms with E-state index in [9.17, 15) is 4.79 Å². The number of aryl methyl sites for hydroxylation is 2. The lowest BCUT2D eigenvalue weighted by Gasteiger charge is -2.24. The number of pyridine rings is 1. The van der Waals surface area contributed by atoms with Crippen LogP contribution in [-0.4, -0.2) is 33.0 Å². The summed E-state index contributed by atoms with van der Waals surface area (Å²) in [6, 6.07) is 13.7. The van der Waals surface area contributed by atoms with Gasteiger partial charge in [0, 0.05) is 24.5 Å². The summed E-state index contributed by atoms with van der Waals surface area (Å²) in [6.07, 6.45) is 1.64. The molecule has 0 bridgehead atoms. The molecule has 3 rings (SSSR count). The van der Waals surface area contributed by atoms with Crippen LogP contribution in [0.3, 0.4) is 0 Å². The lowest BCUT2D eigenvalue weighted by Crippen LogP contribution is -2.30. The molecule has 1 atom stereocenters. The van der Waals surface area contributed by atoms with Crippen molar-refractivity contribution in [1.29, 1.82) is 0 Å². The molecule has 2 heterocycles. The van der Waals surface area contributed by atoms with Gasteiger partial charge >= 0.3 is 0 Å². The van der Waals surface area contributed by atoms with Crippen molar-refractivity contribution in [2.45, 2.75) is 26.8 Å². The van der Waals surface area contributed by atoms with E-state index in [1.165, 1.54) is 0 Å². The summed E-state index contributed by atoms with van der Waals surface area (Å²) < 4.78 is 0. The smallest absolute Gasteiger partial charge is 0.255 e. The number of nitrogens with zero attached hydrogens (tertiary/aromatic N) is 3. The van der Waals surface area contributed by atoms with Crippen LogP contribution < -0.4 is 0 Å². The Kier molecular flexibility index (Phi) is 4.65. The molecule has 3 aromatic rings. The number of carbonyl (C=O) groups is 1. The number of benzene rings is 1. The summed E-state index contributed by atoms with van der Waals surface area (Å²) >= 11 is 0. The average molecular weight is 334 g/mol. The number of aromatic amines is 1. The Morgan fingerprint density at radius 1 is 1.16 bits per heavy atom. The van der Waals surface area contributed by atoms with Crippen molar-refractivity contribution in [3.63, 3.8) is 0 Å². The average Bonchev–Trinajstić information content (AvgIpc) is 3.13. The van der Waals surface area contributed by atoms with Crippen LogP contribution in [0.1, 0.15) is 40.3 Å². The second-order valence-electron chi connectivity index (χ2n) is 6.29. The molecule has 0 fully saturated rings. The third-order valence-electron chi connectivity index (χ3n) is 4.61. The minimum absolute atomic E-state index is 0.0565. The topological polar surface area (TPSA) is 61.9 Å². The van der Waals surface area contributed by atoms with Crippen LogP contribution in [0.15, 0.2) is 48.7 Å². The lowest BCUT2D eigenvalue weighted by atomic mass is 10.1. The van der Waals surface area contributed by atoms with Crippen LogP contribution in [0.2, 0.25) is 0 Å². The van der Waals surface area contributed by atoms with Crippen LogP contribution in [0.25, 0.3) is 11.3 Å². The molecule has 5 nitrogen and oxygen atoms in total. The molecule has 1 amide bonds. The highest BCUT2D eigenvalue weighted by atomic mass is 16.2. The first-order chi connectivity index (χ1) is 12.0. The van der Waals surface area contributed by atoms with Crippen molar-refractivity contribution >= 4 is 5.91 Å². The molecule has 0 aliphatic rings. The molecule has 0 radical (unpaired) electrons. The van der Waals surface area contributed by atoms with Crippen LogP contribution >= 0.6 is 0 Å². The van der Waals surface area contributed by atoms with Gasteiger partial charge in [0.05, 0.1) is 23.0 Å². The number of hydrogen-bond donors (Lipinski definition) is 1. The fourth-order valence-corrected chi connectivity index (χ4v) is 2.66. The maximum Gasteiger partial charge on any atom is 0.255 e. The van der Waals surface area contributed by atoms with Crippen molar-refractivity contribution in [1.82, 2.24) is 20.1 Å². The molecular weight excluding hydrogens is 312 g/mol. The summed E-state index contributed by atoms with van der Waals surface area (Å²) in [5.74, 6) is -0.0565. The molecule has 128 valence electrons. The van der Waals surface area contributed by atoms with E-state index in [4.69, 9.17) is 0 Å². The normalized spacial score (nSPS) is 12.0. The second kappa shape index (κ2) is 6.89. The van der Waals surface area contributed by atoms with Gasteiger partial charge in [-0.1, -0.05) is 30.3 Å². The summed E-state index contributed by atoms with van der Waals surface area (Å²) in [5.41, 5.74) is 5.36. The highest BCUT2D eigenvalue weighted by Gasteiger charge is 2.21. The first-order valence-electron chi connectivity index (χ1n) is 8.28. The third-order valence-corrected chi connectivity index (χ3v) is 4.61. The number of aromatic nitrogens is 3. The fraction of sp³-hybridized carbons (Fsp3) is 0.250. The summed E-state index contributed by atoms with van der Waals surface area (Å²) in [6.45, 7) is 5.88. The van der Waals surface area contributed by atoms with E-state index in [-0.39, 0.29) is 11.9 Å². The molecule has 0 aliphatic heterocycles. The van der Waals surface area contributed by atoms with E-state index in [0.29, 0.717) is 5.56 Å². The molecule has 0 saturated heterocycles. The number of nitrogens with one attached hydrogen (secondary N) is 1. The summed E-state index contributed by atoms with van der Waals surface area (Å²) in [4.78, 5) is 18.7. The predicted octanol–water partition coefficient (Wildman–Crippen LogP) is 3.92. The third kappa shape index (κ3) is 3.45. The van der Waals surface area contributed by atoms with E-state index >= 15 is 0 Å². The minimum atomic E-state index is -0.126. The molecule has 2 aromatic heterocycles. The van der Waals surface area contributed by atoms with Crippen molar-refractivity contribution in [3.8, 4) is 11.3 Å². The second-order valence-corrected chi connectivity index (χ2v) is 6.29. The molecule has 0 saturated carbocycles. The molecule has 0 spiro atoms. The van der Waals surface area contributed by atoms with Crippen LogP contribution in [0.5, 0.6) is 0 Å². The van der Waals surface area contributed by atoms with Crippen molar-refractivity contribution in [3.05, 3.63) is 71.2 Å². The minimum Gasteiger partial charge on any atom is -0.333 e. The van der Waals surface area contributed by atoms with Crippen LogP contribution in [-0.2, 0) is 0 Å². The first-order valence-corrected chi connectivity index (χ1v) is 8.28. The Bertz CT molecular complexity index is 886. The number of hydrogen-bond acceptors (Lipinski definition) is 3. The van der Waals surface area contributed by atoms with Gasteiger partial charge in [-0.2, -0.15) is 5.10 Å². The van der Waals surface area contributed by atoms with Gasteiger partial charge in [0.25, 0.3) is 5.91 Å². The Morgan fingerprint density at radius 2 is 1.88 bits per heavy atom. The fourth-order valence-electron chi connectivity index (χ4n) is 2.66. The lowest BCUT2D eigenvalue weighted by molar-refractivity contribution is 0.0739. The van der Waals surface area contributed by atoms with Gasteiger partial charge in [0.1, 0.15) is 0 Å². The zero-order valence-electron chi connectivity index (χ0n) is 14.9. The quantitative estimate of drug-likeness (QED) is 0.786. The predicted molar refractivity (Wildman–Crippen MR) is 98.2 cm³/mol. The zero-order valence-corrected chi connectivity index (χ0v) is 14.9. The maximum atomic E-state index is 12.8. The van der Waals surface area contributed by atoms with Crippen molar-refractivity contribution < 1.29 is 4.79 Å². The number of rotatable bonds is 4. The number of H-pyrrole nitrogens is 1. The Hall–Kier alpha value is -2.95. The Balaban J connectivity index is 1.80. The zero-order chi connectivity index (χ0) is 18.0. The van der Waals surface area contributed by atoms with E-state index < -0.39 is 0 Å². The van der Waals surface area contributed by atoms with Gasteiger partial charge in [-0.25, -0.2) is 0 Å². The molecule has 25 heavy (non-hydrogen) atoms. The van der Waals surface area contributed by atoms with Crippen molar-refractivity contribution in [2.24, 2.45) is 0 Å². The van der Waals surface area contributed by atoms with Crippen molar-refractivity contribution in [2.75, 3.05) is 7.05 Å². The van der Waals surface area contributed by atoms with Gasteiger partial charge in [0.15, 0.2) is 0 Å². The highest BCUT2D eigenvalue weighted by Crippen LogP contribution is 2.24. The molecule has 1 aromatic carbocycles. The van der Waals surface area contributed by atoms with Crippen LogP contribution in [0, 0.1) is 13.8 Å². The van der Waals surface area contributed by atoms with E-state index in [1.54, 1.807) is 18.1 Å².